The van der Waals surface area contributed by atoms with Crippen LogP contribution in [-0.2, 0) is 4.79 Å². The van der Waals surface area contributed by atoms with Gasteiger partial charge in [0.1, 0.15) is 5.54 Å². The van der Waals surface area contributed by atoms with E-state index in [2.05, 4.69) is 10.6 Å². The molecule has 6 heteroatoms. The molecule has 0 aliphatic heterocycles. The van der Waals surface area contributed by atoms with E-state index in [-0.39, 0.29) is 5.91 Å². The van der Waals surface area contributed by atoms with Crippen LogP contribution in [0.3, 0.4) is 0 Å². The average Bonchev–Trinajstić information content (AvgIpc) is 2.27. The van der Waals surface area contributed by atoms with Gasteiger partial charge in [0.2, 0.25) is 5.91 Å². The van der Waals surface area contributed by atoms with Crippen LogP contribution < -0.4 is 22.1 Å². The largest absolute Gasteiger partial charge is 0.399 e. The molecule has 0 radical (unpaired) electrons. The van der Waals surface area contributed by atoms with E-state index in [1.807, 2.05) is 0 Å². The van der Waals surface area contributed by atoms with Crippen LogP contribution in [-0.4, -0.2) is 24.4 Å². The maximum absolute atomic E-state index is 11.7. The fourth-order valence-electron chi connectivity index (χ4n) is 1.40. The Hall–Kier alpha value is -2.24. The van der Waals surface area contributed by atoms with Gasteiger partial charge in [-0.3, -0.25) is 9.59 Å². The molecule has 18 heavy (non-hydrogen) atoms. The van der Waals surface area contributed by atoms with E-state index in [0.29, 0.717) is 16.9 Å². The van der Waals surface area contributed by atoms with Gasteiger partial charge in [-0.25, -0.2) is 0 Å². The highest BCUT2D eigenvalue weighted by Crippen LogP contribution is 2.23. The molecule has 98 valence electrons. The normalized spacial score (nSPS) is 10.8. The number of hydrogen-bond donors (Lipinski definition) is 4. The zero-order chi connectivity index (χ0) is 13.9. The first-order valence-corrected chi connectivity index (χ1v) is 5.47. The molecule has 6 N–H and O–H groups in total. The summed E-state index contributed by atoms with van der Waals surface area (Å²) in [5.41, 5.74) is 11.3. The number of amides is 2. The Bertz CT molecular complexity index is 483. The van der Waals surface area contributed by atoms with Crippen LogP contribution in [0, 0.1) is 0 Å². The summed E-state index contributed by atoms with van der Waals surface area (Å²) < 4.78 is 0. The molecule has 0 atom stereocenters. The molecule has 0 unspecified atom stereocenters. The SMILES string of the molecule is CNC(=O)c1ccc(N)cc1NC(C)(C)C(N)=O. The van der Waals surface area contributed by atoms with Crippen LogP contribution in [0.2, 0.25) is 0 Å². The molecule has 0 aliphatic carbocycles. The van der Waals surface area contributed by atoms with E-state index in [1.54, 1.807) is 32.0 Å². The molecule has 0 saturated heterocycles. The van der Waals surface area contributed by atoms with Crippen molar-refractivity contribution >= 4 is 23.2 Å². The first-order chi connectivity index (χ1) is 8.27. The van der Waals surface area contributed by atoms with Gasteiger partial charge >= 0.3 is 0 Å². The third-order valence-electron chi connectivity index (χ3n) is 2.58. The summed E-state index contributed by atoms with van der Waals surface area (Å²) in [5, 5.41) is 5.45. The lowest BCUT2D eigenvalue weighted by molar-refractivity contribution is -0.121. The first kappa shape index (κ1) is 13.8. The molecule has 0 bridgehead atoms. The third-order valence-corrected chi connectivity index (χ3v) is 2.58. The smallest absolute Gasteiger partial charge is 0.253 e. The number of hydrogen-bond acceptors (Lipinski definition) is 4. The average molecular weight is 250 g/mol. The highest BCUT2D eigenvalue weighted by molar-refractivity contribution is 6.01. The van der Waals surface area contributed by atoms with E-state index in [0.717, 1.165) is 0 Å². The maximum atomic E-state index is 11.7. The van der Waals surface area contributed by atoms with Crippen molar-refractivity contribution in [1.82, 2.24) is 5.32 Å². The number of carbonyl (C=O) groups is 2. The van der Waals surface area contributed by atoms with E-state index >= 15 is 0 Å². The Balaban J connectivity index is 3.18. The Morgan fingerprint density at radius 3 is 2.39 bits per heavy atom. The third kappa shape index (κ3) is 2.91. The van der Waals surface area contributed by atoms with Gasteiger partial charge in [0.15, 0.2) is 0 Å². The van der Waals surface area contributed by atoms with Crippen molar-refractivity contribution in [3.8, 4) is 0 Å². The second kappa shape index (κ2) is 4.95. The molecule has 0 spiro atoms. The first-order valence-electron chi connectivity index (χ1n) is 5.47. The van der Waals surface area contributed by atoms with Crippen LogP contribution in [0.25, 0.3) is 0 Å². The Kier molecular flexibility index (Phi) is 3.80. The van der Waals surface area contributed by atoms with Gasteiger partial charge in [-0.1, -0.05) is 0 Å². The van der Waals surface area contributed by atoms with Crippen molar-refractivity contribution in [2.45, 2.75) is 19.4 Å². The summed E-state index contributed by atoms with van der Waals surface area (Å²) in [6.07, 6.45) is 0. The molecule has 0 aromatic heterocycles. The monoisotopic (exact) mass is 250 g/mol. The van der Waals surface area contributed by atoms with E-state index in [1.165, 1.54) is 7.05 Å². The molecule has 0 aliphatic rings. The fourth-order valence-corrected chi connectivity index (χ4v) is 1.40. The highest BCUT2D eigenvalue weighted by Gasteiger charge is 2.26. The molecule has 1 aromatic carbocycles. The van der Waals surface area contributed by atoms with Crippen LogP contribution in [0.5, 0.6) is 0 Å². The summed E-state index contributed by atoms with van der Waals surface area (Å²) in [4.78, 5) is 23.0. The highest BCUT2D eigenvalue weighted by atomic mass is 16.2. The number of rotatable bonds is 4. The Morgan fingerprint density at radius 1 is 1.28 bits per heavy atom. The minimum atomic E-state index is -0.976. The molecule has 0 heterocycles. The lowest BCUT2D eigenvalue weighted by atomic mass is 10.0. The molecule has 1 aromatic rings. The summed E-state index contributed by atoms with van der Waals surface area (Å²) in [7, 11) is 1.53. The maximum Gasteiger partial charge on any atom is 0.253 e. The molecular formula is C12H18N4O2. The molecule has 0 saturated carbocycles. The van der Waals surface area contributed by atoms with Crippen molar-refractivity contribution in [2.24, 2.45) is 5.73 Å². The van der Waals surface area contributed by atoms with Gasteiger partial charge in [0.25, 0.3) is 5.91 Å². The number of primary amides is 1. The predicted octanol–water partition coefficient (Wildman–Crippen LogP) is 0.304. The van der Waals surface area contributed by atoms with Crippen molar-refractivity contribution in [3.63, 3.8) is 0 Å². The lowest BCUT2D eigenvalue weighted by Crippen LogP contribution is -2.45. The molecular weight excluding hydrogens is 232 g/mol. The summed E-state index contributed by atoms with van der Waals surface area (Å²) in [6.45, 7) is 3.26. The number of nitrogens with two attached hydrogens (primary N) is 2. The van der Waals surface area contributed by atoms with Gasteiger partial charge in [-0.15, -0.1) is 0 Å². The second-order valence-corrected chi connectivity index (χ2v) is 4.50. The minimum Gasteiger partial charge on any atom is -0.399 e. The molecule has 6 nitrogen and oxygen atoms in total. The molecule has 0 fully saturated rings. The Morgan fingerprint density at radius 2 is 1.89 bits per heavy atom. The van der Waals surface area contributed by atoms with Crippen molar-refractivity contribution in [1.29, 1.82) is 0 Å². The summed E-state index contributed by atoms with van der Waals surface area (Å²) in [6, 6.07) is 4.80. The topological polar surface area (TPSA) is 110 Å². The second-order valence-electron chi connectivity index (χ2n) is 4.50. The number of benzene rings is 1. The van der Waals surface area contributed by atoms with Crippen molar-refractivity contribution in [3.05, 3.63) is 23.8 Å². The number of anilines is 2. The molecule has 2 amide bonds. The van der Waals surface area contributed by atoms with Gasteiger partial charge in [-0.2, -0.15) is 0 Å². The van der Waals surface area contributed by atoms with E-state index in [9.17, 15) is 9.59 Å². The quantitative estimate of drug-likeness (QED) is 0.576. The van der Waals surface area contributed by atoms with Crippen molar-refractivity contribution in [2.75, 3.05) is 18.1 Å². The standard InChI is InChI=1S/C12H18N4O2/c1-12(2,11(14)18)16-9-6-7(13)4-5-8(9)10(17)15-3/h4-6,16H,13H2,1-3H3,(H2,14,18)(H,15,17). The summed E-state index contributed by atoms with van der Waals surface area (Å²) >= 11 is 0. The van der Waals surface area contributed by atoms with E-state index < -0.39 is 11.4 Å². The predicted molar refractivity (Wildman–Crippen MR) is 71.1 cm³/mol. The van der Waals surface area contributed by atoms with Gasteiger partial charge < -0.3 is 22.1 Å². The van der Waals surface area contributed by atoms with E-state index in [4.69, 9.17) is 11.5 Å². The number of nitrogens with one attached hydrogen (secondary N) is 2. The zero-order valence-corrected chi connectivity index (χ0v) is 10.7. The van der Waals surface area contributed by atoms with Gasteiger partial charge in [0, 0.05) is 18.4 Å². The minimum absolute atomic E-state index is 0.266. The van der Waals surface area contributed by atoms with Gasteiger partial charge in [-0.05, 0) is 32.0 Å². The van der Waals surface area contributed by atoms with Crippen LogP contribution in [0.4, 0.5) is 11.4 Å². The number of carbonyl (C=O) groups excluding carboxylic acids is 2. The Labute approximate surface area is 106 Å². The van der Waals surface area contributed by atoms with Crippen LogP contribution >= 0.6 is 0 Å². The fraction of sp³-hybridized carbons (Fsp3) is 0.333. The van der Waals surface area contributed by atoms with Crippen molar-refractivity contribution < 1.29 is 9.59 Å². The van der Waals surface area contributed by atoms with Crippen LogP contribution in [0.15, 0.2) is 18.2 Å². The van der Waals surface area contributed by atoms with Gasteiger partial charge in [0.05, 0.1) is 5.56 Å². The lowest BCUT2D eigenvalue weighted by Gasteiger charge is -2.25. The molecule has 1 rings (SSSR count). The zero-order valence-electron chi connectivity index (χ0n) is 10.7. The van der Waals surface area contributed by atoms with Crippen LogP contribution in [0.1, 0.15) is 24.2 Å². The summed E-state index contributed by atoms with van der Waals surface area (Å²) in [5.74, 6) is -0.787. The number of nitrogen functional groups attached to an aromatic ring is 1.